The number of benzene rings is 1. The molecule has 0 saturated carbocycles. The summed E-state index contributed by atoms with van der Waals surface area (Å²) < 4.78 is 27.7. The Morgan fingerprint density at radius 2 is 1.89 bits per heavy atom. The Balaban J connectivity index is 2.84. The van der Waals surface area contributed by atoms with Gasteiger partial charge in [0.25, 0.3) is 0 Å². The van der Waals surface area contributed by atoms with E-state index in [4.69, 9.17) is 5.73 Å². The SMILES string of the molecule is CC(C)N(C)S(=O)(=O)Nc1ccc(C#CCN)cc1. The number of hydrogen-bond acceptors (Lipinski definition) is 3. The minimum atomic E-state index is -3.52. The summed E-state index contributed by atoms with van der Waals surface area (Å²) in [5.41, 5.74) is 6.58. The Hall–Kier alpha value is -1.55. The van der Waals surface area contributed by atoms with Gasteiger partial charge in [0, 0.05) is 24.3 Å². The van der Waals surface area contributed by atoms with Crippen LogP contribution in [0, 0.1) is 11.8 Å². The maximum atomic E-state index is 12.0. The molecule has 0 fully saturated rings. The first kappa shape index (κ1) is 15.5. The molecule has 0 amide bonds. The lowest BCUT2D eigenvalue weighted by Crippen LogP contribution is -2.37. The molecule has 6 heteroatoms. The molecule has 19 heavy (non-hydrogen) atoms. The molecule has 1 rings (SSSR count). The average Bonchev–Trinajstić information content (AvgIpc) is 2.36. The second-order valence-electron chi connectivity index (χ2n) is 4.30. The molecule has 1 aromatic rings. The Bertz CT molecular complexity index is 568. The first-order chi connectivity index (χ1) is 8.86. The summed E-state index contributed by atoms with van der Waals surface area (Å²) in [6.45, 7) is 3.92. The molecule has 0 aliphatic carbocycles. The van der Waals surface area contributed by atoms with Gasteiger partial charge in [-0.25, -0.2) is 0 Å². The predicted molar refractivity (Wildman–Crippen MR) is 77.8 cm³/mol. The Morgan fingerprint density at radius 3 is 2.37 bits per heavy atom. The van der Waals surface area contributed by atoms with Crippen LogP contribution >= 0.6 is 0 Å². The first-order valence-electron chi connectivity index (χ1n) is 5.91. The van der Waals surface area contributed by atoms with Crippen molar-refractivity contribution in [3.05, 3.63) is 29.8 Å². The third-order valence-electron chi connectivity index (χ3n) is 2.57. The lowest BCUT2D eigenvalue weighted by Gasteiger charge is -2.21. The molecule has 1 aromatic carbocycles. The van der Waals surface area contributed by atoms with Crippen LogP contribution in [0.3, 0.4) is 0 Å². The fourth-order valence-electron chi connectivity index (χ4n) is 1.27. The van der Waals surface area contributed by atoms with Gasteiger partial charge in [0.15, 0.2) is 0 Å². The first-order valence-corrected chi connectivity index (χ1v) is 7.35. The second kappa shape index (κ2) is 6.57. The molecule has 3 N–H and O–H groups in total. The van der Waals surface area contributed by atoms with Crippen LogP contribution in [-0.4, -0.2) is 32.4 Å². The molecular weight excluding hydrogens is 262 g/mol. The van der Waals surface area contributed by atoms with Crippen molar-refractivity contribution in [3.8, 4) is 11.8 Å². The van der Waals surface area contributed by atoms with E-state index in [1.54, 1.807) is 24.3 Å². The van der Waals surface area contributed by atoms with Gasteiger partial charge in [-0.15, -0.1) is 0 Å². The highest BCUT2D eigenvalue weighted by Gasteiger charge is 2.19. The van der Waals surface area contributed by atoms with Crippen LogP contribution < -0.4 is 10.5 Å². The van der Waals surface area contributed by atoms with Gasteiger partial charge < -0.3 is 5.73 Å². The molecule has 0 heterocycles. The van der Waals surface area contributed by atoms with E-state index in [-0.39, 0.29) is 6.04 Å². The third-order valence-corrected chi connectivity index (χ3v) is 4.25. The Kier molecular flexibility index (Phi) is 5.36. The fourth-order valence-corrected chi connectivity index (χ4v) is 2.41. The monoisotopic (exact) mass is 281 g/mol. The molecular formula is C13H19N3O2S. The molecule has 0 radical (unpaired) electrons. The quantitative estimate of drug-likeness (QED) is 0.808. The van der Waals surface area contributed by atoms with Gasteiger partial charge in [0.2, 0.25) is 0 Å². The predicted octanol–water partition coefficient (Wildman–Crippen LogP) is 0.994. The molecule has 0 unspecified atom stereocenters. The van der Waals surface area contributed by atoms with Gasteiger partial charge in [-0.2, -0.15) is 12.7 Å². The molecule has 0 aliphatic rings. The van der Waals surface area contributed by atoms with Crippen molar-refractivity contribution in [2.75, 3.05) is 18.3 Å². The van der Waals surface area contributed by atoms with Crippen molar-refractivity contribution >= 4 is 15.9 Å². The van der Waals surface area contributed by atoms with Crippen molar-refractivity contribution in [3.63, 3.8) is 0 Å². The molecule has 0 aliphatic heterocycles. The van der Waals surface area contributed by atoms with Crippen LogP contribution in [0.4, 0.5) is 5.69 Å². The fraction of sp³-hybridized carbons (Fsp3) is 0.385. The number of rotatable bonds is 4. The van der Waals surface area contributed by atoms with Crippen LogP contribution in [0.5, 0.6) is 0 Å². The van der Waals surface area contributed by atoms with Crippen LogP contribution in [-0.2, 0) is 10.2 Å². The van der Waals surface area contributed by atoms with Crippen molar-refractivity contribution < 1.29 is 8.42 Å². The molecule has 0 atom stereocenters. The highest BCUT2D eigenvalue weighted by molar-refractivity contribution is 7.90. The van der Waals surface area contributed by atoms with Crippen LogP contribution in [0.2, 0.25) is 0 Å². The highest BCUT2D eigenvalue weighted by atomic mass is 32.2. The summed E-state index contributed by atoms with van der Waals surface area (Å²) in [6.07, 6.45) is 0. The van der Waals surface area contributed by atoms with Gasteiger partial charge in [-0.3, -0.25) is 4.72 Å². The molecule has 104 valence electrons. The maximum Gasteiger partial charge on any atom is 0.301 e. The van der Waals surface area contributed by atoms with Gasteiger partial charge in [0.1, 0.15) is 0 Å². The van der Waals surface area contributed by atoms with E-state index in [2.05, 4.69) is 16.6 Å². The molecule has 0 bridgehead atoms. The van der Waals surface area contributed by atoms with E-state index < -0.39 is 10.2 Å². The summed E-state index contributed by atoms with van der Waals surface area (Å²) in [4.78, 5) is 0. The van der Waals surface area contributed by atoms with E-state index in [0.29, 0.717) is 12.2 Å². The topological polar surface area (TPSA) is 75.4 Å². The van der Waals surface area contributed by atoms with Crippen LogP contribution in [0.25, 0.3) is 0 Å². The van der Waals surface area contributed by atoms with E-state index >= 15 is 0 Å². The van der Waals surface area contributed by atoms with Crippen molar-refractivity contribution in [2.24, 2.45) is 5.73 Å². The maximum absolute atomic E-state index is 12.0. The molecule has 0 aromatic heterocycles. The zero-order chi connectivity index (χ0) is 14.5. The summed E-state index contributed by atoms with van der Waals surface area (Å²) in [5.74, 6) is 5.61. The van der Waals surface area contributed by atoms with Crippen molar-refractivity contribution in [1.82, 2.24) is 4.31 Å². The van der Waals surface area contributed by atoms with E-state index in [0.717, 1.165) is 5.56 Å². The summed E-state index contributed by atoms with van der Waals surface area (Å²) in [6, 6.07) is 6.73. The zero-order valence-corrected chi connectivity index (χ0v) is 12.2. The largest absolute Gasteiger partial charge is 0.320 e. The zero-order valence-electron chi connectivity index (χ0n) is 11.3. The minimum Gasteiger partial charge on any atom is -0.320 e. The van der Waals surface area contributed by atoms with Crippen molar-refractivity contribution in [1.29, 1.82) is 0 Å². The molecule has 5 nitrogen and oxygen atoms in total. The van der Waals surface area contributed by atoms with Crippen LogP contribution in [0.15, 0.2) is 24.3 Å². The van der Waals surface area contributed by atoms with Gasteiger partial charge >= 0.3 is 10.2 Å². The normalized spacial score (nSPS) is 11.3. The molecule has 0 spiro atoms. The van der Waals surface area contributed by atoms with Crippen molar-refractivity contribution in [2.45, 2.75) is 19.9 Å². The Morgan fingerprint density at radius 1 is 1.32 bits per heavy atom. The number of anilines is 1. The number of nitrogens with one attached hydrogen (secondary N) is 1. The van der Waals surface area contributed by atoms with Gasteiger partial charge in [-0.1, -0.05) is 11.8 Å². The summed E-state index contributed by atoms with van der Waals surface area (Å²) in [5, 5.41) is 0. The number of hydrogen-bond donors (Lipinski definition) is 2. The smallest absolute Gasteiger partial charge is 0.301 e. The number of nitrogens with zero attached hydrogens (tertiary/aromatic N) is 1. The third kappa shape index (κ3) is 4.56. The lowest BCUT2D eigenvalue weighted by atomic mass is 10.2. The summed E-state index contributed by atoms with van der Waals surface area (Å²) >= 11 is 0. The van der Waals surface area contributed by atoms with Gasteiger partial charge in [-0.05, 0) is 38.1 Å². The summed E-state index contributed by atoms with van der Waals surface area (Å²) in [7, 11) is -1.98. The second-order valence-corrected chi connectivity index (χ2v) is 6.03. The molecule has 0 saturated heterocycles. The number of nitrogens with two attached hydrogens (primary N) is 1. The van der Waals surface area contributed by atoms with E-state index in [1.807, 2.05) is 13.8 Å². The standard InChI is InChI=1S/C13H19N3O2S/c1-11(2)16(3)19(17,18)15-13-8-6-12(7-9-13)5-4-10-14/h6-9,11,15H,10,14H2,1-3H3. The Labute approximate surface area is 115 Å². The van der Waals surface area contributed by atoms with Gasteiger partial charge in [0.05, 0.1) is 6.54 Å². The van der Waals surface area contributed by atoms with E-state index in [9.17, 15) is 8.42 Å². The highest BCUT2D eigenvalue weighted by Crippen LogP contribution is 2.13. The average molecular weight is 281 g/mol. The lowest BCUT2D eigenvalue weighted by molar-refractivity contribution is 0.414. The van der Waals surface area contributed by atoms with E-state index in [1.165, 1.54) is 11.4 Å². The minimum absolute atomic E-state index is 0.104. The van der Waals surface area contributed by atoms with Crippen LogP contribution in [0.1, 0.15) is 19.4 Å².